The Kier molecular flexibility index (Phi) is 9.68. The van der Waals surface area contributed by atoms with Gasteiger partial charge in [0.05, 0.1) is 36.6 Å². The van der Waals surface area contributed by atoms with Gasteiger partial charge in [-0.3, -0.25) is 0 Å². The zero-order valence-corrected chi connectivity index (χ0v) is 33.9. The van der Waals surface area contributed by atoms with Gasteiger partial charge in [-0.25, -0.2) is 34.4 Å². The largest absolute Gasteiger partial charge is 0.444 e. The SMILES string of the molecule is [C-]#[N+]c1ccc2c(-c3nc(N[C@@H]4C[C@@H]5CCC4N5)ncc3C)c[nH]c2c1.[C-]#[N+]c1ccc2c(-c3nc(N[C@@H]4C[C@@H]5CCC4N5C(=O)OC(C)(C)C)ncc3C)c[nH]c2c1. The number of ether oxygens (including phenoxy) is 1. The predicted molar refractivity (Wildman–Crippen MR) is 230 cm³/mol. The molecule has 4 aliphatic rings. The first kappa shape index (κ1) is 38.0. The van der Waals surface area contributed by atoms with E-state index in [-0.39, 0.29) is 24.2 Å². The average molecular weight is 789 g/mol. The van der Waals surface area contributed by atoms with Crippen LogP contribution in [-0.2, 0) is 4.74 Å². The summed E-state index contributed by atoms with van der Waals surface area (Å²) in [4.78, 5) is 46.9. The van der Waals surface area contributed by atoms with E-state index in [1.54, 1.807) is 0 Å². The number of aromatic nitrogens is 6. The molecular formula is C45H48N12O2. The Labute approximate surface area is 343 Å². The minimum atomic E-state index is -0.508. The van der Waals surface area contributed by atoms with Crippen LogP contribution < -0.4 is 16.0 Å². The number of H-pyrrole nitrogens is 2. The molecule has 2 unspecified atom stereocenters. The average Bonchev–Trinajstić information content (AvgIpc) is 4.09. The summed E-state index contributed by atoms with van der Waals surface area (Å²) in [6.45, 7) is 24.1. The first-order valence-corrected chi connectivity index (χ1v) is 20.4. The maximum Gasteiger partial charge on any atom is 0.410 e. The second-order valence-electron chi connectivity index (χ2n) is 17.2. The topological polar surface area (TPSA) is 157 Å². The fraction of sp³-hybridized carbons (Fsp3) is 0.400. The molecule has 0 aliphatic carbocycles. The van der Waals surface area contributed by atoms with Crippen LogP contribution >= 0.6 is 0 Å². The molecule has 8 heterocycles. The highest BCUT2D eigenvalue weighted by molar-refractivity contribution is 5.98. The Balaban J connectivity index is 0.000000156. The number of nitrogens with zero attached hydrogens (tertiary/aromatic N) is 7. The van der Waals surface area contributed by atoms with Crippen LogP contribution in [0.25, 0.3) is 54.0 Å². The van der Waals surface area contributed by atoms with Gasteiger partial charge in [-0.1, -0.05) is 24.3 Å². The van der Waals surface area contributed by atoms with Crippen molar-refractivity contribution in [2.45, 2.75) is 115 Å². The van der Waals surface area contributed by atoms with Crippen LogP contribution in [0, 0.1) is 27.0 Å². The monoisotopic (exact) mass is 788 g/mol. The van der Waals surface area contributed by atoms with E-state index in [4.69, 9.17) is 27.8 Å². The van der Waals surface area contributed by atoms with Gasteiger partial charge in [0, 0.05) is 81.9 Å². The lowest BCUT2D eigenvalue weighted by atomic mass is 9.96. The van der Waals surface area contributed by atoms with Crippen LogP contribution in [0.1, 0.15) is 70.4 Å². The smallest absolute Gasteiger partial charge is 0.410 e. The molecule has 4 fully saturated rings. The highest BCUT2D eigenvalue weighted by Crippen LogP contribution is 2.40. The van der Waals surface area contributed by atoms with E-state index >= 15 is 0 Å². The summed E-state index contributed by atoms with van der Waals surface area (Å²) in [5.74, 6) is 1.25. The van der Waals surface area contributed by atoms with Gasteiger partial charge in [0.2, 0.25) is 11.9 Å². The second kappa shape index (κ2) is 15.0. The van der Waals surface area contributed by atoms with Gasteiger partial charge in [0.25, 0.3) is 0 Å². The number of fused-ring (bicyclic) bond motifs is 6. The Hall–Kier alpha value is -6.51. The van der Waals surface area contributed by atoms with Gasteiger partial charge < -0.3 is 35.6 Å². The fourth-order valence-corrected chi connectivity index (χ4v) is 9.39. The lowest BCUT2D eigenvalue weighted by Crippen LogP contribution is -2.42. The van der Waals surface area contributed by atoms with Gasteiger partial charge in [-0.15, -0.1) is 0 Å². The Morgan fingerprint density at radius 2 is 1.37 bits per heavy atom. The maximum atomic E-state index is 12.8. The van der Waals surface area contributed by atoms with E-state index in [2.05, 4.69) is 45.6 Å². The maximum absolute atomic E-state index is 12.8. The molecule has 4 aromatic heterocycles. The number of benzene rings is 2. The molecule has 4 aliphatic heterocycles. The molecule has 4 bridgehead atoms. The zero-order valence-electron chi connectivity index (χ0n) is 33.9. The third-order valence-corrected chi connectivity index (χ3v) is 12.1. The molecule has 6 atom stereocenters. The number of amides is 1. The Morgan fingerprint density at radius 3 is 1.88 bits per heavy atom. The number of aryl methyl sites for hydroxylation is 2. The van der Waals surface area contributed by atoms with E-state index in [1.807, 2.05) is 101 Å². The molecule has 10 rings (SSSR count). The van der Waals surface area contributed by atoms with Crippen molar-refractivity contribution in [1.82, 2.24) is 40.1 Å². The van der Waals surface area contributed by atoms with E-state index < -0.39 is 5.60 Å². The third kappa shape index (κ3) is 7.41. The lowest BCUT2D eigenvalue weighted by molar-refractivity contribution is 0.0214. The molecule has 14 nitrogen and oxygen atoms in total. The number of rotatable bonds is 6. The van der Waals surface area contributed by atoms with Crippen LogP contribution in [0.2, 0.25) is 0 Å². The van der Waals surface area contributed by atoms with Gasteiger partial charge in [0.15, 0.2) is 11.4 Å². The molecule has 300 valence electrons. The number of hydrogen-bond donors (Lipinski definition) is 5. The number of aromatic amines is 2. The molecule has 59 heavy (non-hydrogen) atoms. The van der Waals surface area contributed by atoms with E-state index in [0.29, 0.717) is 41.4 Å². The molecule has 1 amide bonds. The Bertz CT molecular complexity index is 2660. The van der Waals surface area contributed by atoms with Crippen molar-refractivity contribution in [3.05, 3.63) is 95.1 Å². The summed E-state index contributed by atoms with van der Waals surface area (Å²) < 4.78 is 5.65. The van der Waals surface area contributed by atoms with Crippen molar-refractivity contribution in [2.24, 2.45) is 0 Å². The summed E-state index contributed by atoms with van der Waals surface area (Å²) in [5, 5.41) is 12.8. The summed E-state index contributed by atoms with van der Waals surface area (Å²) >= 11 is 0. The van der Waals surface area contributed by atoms with E-state index in [9.17, 15) is 4.79 Å². The summed E-state index contributed by atoms with van der Waals surface area (Å²) in [5.41, 5.74) is 8.41. The van der Waals surface area contributed by atoms with Gasteiger partial charge in [-0.05, 0) is 96.4 Å². The first-order valence-electron chi connectivity index (χ1n) is 20.4. The normalized spacial score (nSPS) is 22.9. The van der Waals surface area contributed by atoms with Crippen LogP contribution in [-0.4, -0.2) is 82.7 Å². The summed E-state index contributed by atoms with van der Waals surface area (Å²) in [6.07, 6.45) is 13.9. The Morgan fingerprint density at radius 1 is 0.797 bits per heavy atom. The first-order chi connectivity index (χ1) is 28.4. The number of carbonyl (C=O) groups is 1. The molecular weight excluding hydrogens is 741 g/mol. The predicted octanol–water partition coefficient (Wildman–Crippen LogP) is 9.23. The van der Waals surface area contributed by atoms with Crippen molar-refractivity contribution >= 4 is 51.2 Å². The molecule has 4 saturated heterocycles. The minimum absolute atomic E-state index is 0.0818. The highest BCUT2D eigenvalue weighted by Gasteiger charge is 2.50. The fourth-order valence-electron chi connectivity index (χ4n) is 9.39. The zero-order chi connectivity index (χ0) is 41.0. The molecule has 14 heteroatoms. The van der Waals surface area contributed by atoms with Crippen molar-refractivity contribution in [2.75, 3.05) is 10.6 Å². The molecule has 0 saturated carbocycles. The number of anilines is 2. The summed E-state index contributed by atoms with van der Waals surface area (Å²) in [6, 6.07) is 13.3. The van der Waals surface area contributed by atoms with Gasteiger partial charge in [0.1, 0.15) is 5.60 Å². The van der Waals surface area contributed by atoms with E-state index in [0.717, 1.165) is 81.1 Å². The van der Waals surface area contributed by atoms with Crippen molar-refractivity contribution in [3.8, 4) is 22.5 Å². The quantitative estimate of drug-likeness (QED) is 0.104. The van der Waals surface area contributed by atoms with Gasteiger partial charge in [-0.2, -0.15) is 0 Å². The third-order valence-electron chi connectivity index (χ3n) is 12.1. The van der Waals surface area contributed by atoms with Gasteiger partial charge >= 0.3 is 6.09 Å². The highest BCUT2D eigenvalue weighted by atomic mass is 16.6. The van der Waals surface area contributed by atoms with E-state index in [1.165, 1.54) is 12.8 Å². The van der Waals surface area contributed by atoms with Crippen molar-refractivity contribution < 1.29 is 9.53 Å². The van der Waals surface area contributed by atoms with Crippen LogP contribution in [0.3, 0.4) is 0 Å². The van der Waals surface area contributed by atoms with Crippen molar-refractivity contribution in [3.63, 3.8) is 0 Å². The molecule has 0 radical (unpaired) electrons. The lowest BCUT2D eigenvalue weighted by Gasteiger charge is -2.28. The number of carbonyl (C=O) groups excluding carboxylic acids is 1. The molecule has 6 aromatic rings. The molecule has 2 aromatic carbocycles. The standard InChI is InChI=1S/C25H28N6O2.C20H20N6/c1-14-12-28-23(30-22(14)18-13-27-19-10-15(26-5)6-8-17(18)19)29-20-11-16-7-9-21(20)31(16)24(32)33-25(2,3)4;1-11-9-23-20(25-18-8-13-4-6-16(18)24-13)26-19(11)15-10-22-17-7-12(21-2)3-5-14(15)17/h6,8,10,12-13,16,20-21,27H,7,9,11H2,1-4H3,(H,28,29,30);3,5,7,9-10,13,16,18,22,24H,4,6,8H2,1H3,(H,23,25,26)/t16-,20+,21?;13-,16?,18+/m00/s1. The van der Waals surface area contributed by atoms with Crippen molar-refractivity contribution in [1.29, 1.82) is 0 Å². The molecule has 5 N–H and O–H groups in total. The van der Waals surface area contributed by atoms with Crippen LogP contribution in [0.15, 0.2) is 61.2 Å². The minimum Gasteiger partial charge on any atom is -0.444 e. The van der Waals surface area contributed by atoms with Crippen LogP contribution in [0.5, 0.6) is 0 Å². The number of hydrogen-bond acceptors (Lipinski definition) is 9. The summed E-state index contributed by atoms with van der Waals surface area (Å²) in [7, 11) is 0. The number of nitrogens with one attached hydrogen (secondary N) is 5. The van der Waals surface area contributed by atoms with Crippen LogP contribution in [0.4, 0.5) is 28.1 Å². The molecule has 0 spiro atoms. The second-order valence-corrected chi connectivity index (χ2v) is 17.2.